The van der Waals surface area contributed by atoms with Crippen LogP contribution in [0.1, 0.15) is 6.42 Å². The Balaban J connectivity index is 4.00. The maximum absolute atomic E-state index is 11.8. The average Bonchev–Trinajstić information content (AvgIpc) is 1.60. The molecular weight excluding hydrogens is 176 g/mol. The number of rotatable bonds is 3. The van der Waals surface area contributed by atoms with Crippen molar-refractivity contribution in [3.8, 4) is 0 Å². The number of halogens is 4. The van der Waals surface area contributed by atoms with E-state index in [1.54, 1.807) is 0 Å². The first-order chi connectivity index (χ1) is 4.36. The van der Waals surface area contributed by atoms with E-state index in [1.165, 1.54) is 0 Å². The summed E-state index contributed by atoms with van der Waals surface area (Å²) in [6.07, 6.45) is -5.15. The van der Waals surface area contributed by atoms with Gasteiger partial charge in [0, 0.05) is 0 Å². The Hall–Kier alpha value is -0.170. The normalized spacial score (nSPS) is 15.8. The molecule has 2 nitrogen and oxygen atoms in total. The van der Waals surface area contributed by atoms with Gasteiger partial charge in [-0.05, 0) is 0 Å². The summed E-state index contributed by atoms with van der Waals surface area (Å²) < 4.78 is 63.2. The summed E-state index contributed by atoms with van der Waals surface area (Å²) in [5.74, 6) is 0. The maximum Gasteiger partial charge on any atom is 0.350 e. The fraction of sp³-hybridized carbons (Fsp3) is 1.00. The third-order valence-electron chi connectivity index (χ3n) is 0.647. The molecule has 62 valence electrons. The molecule has 0 amide bonds. The second-order valence-corrected chi connectivity index (χ2v) is 2.58. The van der Waals surface area contributed by atoms with E-state index in [0.717, 1.165) is 0 Å². The van der Waals surface area contributed by atoms with Crippen molar-refractivity contribution in [1.29, 1.82) is 0 Å². The lowest BCUT2D eigenvalue weighted by Gasteiger charge is -2.09. The second kappa shape index (κ2) is 3.29. The van der Waals surface area contributed by atoms with Gasteiger partial charge in [0.2, 0.25) is 17.5 Å². The molecule has 0 saturated carbocycles. The zero-order valence-corrected chi connectivity index (χ0v) is 5.38. The molecule has 0 spiro atoms. The molecule has 1 N–H and O–H groups in total. The van der Waals surface area contributed by atoms with E-state index >= 15 is 0 Å². The summed E-state index contributed by atoms with van der Waals surface area (Å²) in [5, 5.41) is -4.20. The Labute approximate surface area is 56.5 Å². The Bertz CT molecular complexity index is 136. The van der Waals surface area contributed by atoms with Crippen LogP contribution in [-0.4, -0.2) is 20.4 Å². The first kappa shape index (κ1) is 9.83. The van der Waals surface area contributed by atoms with Crippen molar-refractivity contribution in [3.05, 3.63) is 0 Å². The molecule has 0 rings (SSSR count). The van der Waals surface area contributed by atoms with Crippen LogP contribution in [0.5, 0.6) is 0 Å². The summed E-state index contributed by atoms with van der Waals surface area (Å²) in [4.78, 5) is 0. The number of alkyl halides is 4. The van der Waals surface area contributed by atoms with E-state index in [1.807, 2.05) is 0 Å². The van der Waals surface area contributed by atoms with Crippen LogP contribution >= 0.6 is 0 Å². The molecule has 1 unspecified atom stereocenters. The molecule has 0 fully saturated rings. The Kier molecular flexibility index (Phi) is 3.23. The molecule has 0 aromatic heterocycles. The van der Waals surface area contributed by atoms with Gasteiger partial charge in [0.15, 0.2) is 0 Å². The fourth-order valence-corrected chi connectivity index (χ4v) is 0.519. The van der Waals surface area contributed by atoms with Gasteiger partial charge in [0.25, 0.3) is 0 Å². The van der Waals surface area contributed by atoms with E-state index in [4.69, 9.17) is 4.55 Å². The molecule has 0 aromatic rings. The molecule has 0 saturated heterocycles. The summed E-state index contributed by atoms with van der Waals surface area (Å²) in [5.41, 5.74) is 0. The zero-order valence-electron chi connectivity index (χ0n) is 4.56. The highest BCUT2D eigenvalue weighted by atomic mass is 32.2. The highest BCUT2D eigenvalue weighted by molar-refractivity contribution is 7.80. The first-order valence-corrected chi connectivity index (χ1v) is 3.24. The van der Waals surface area contributed by atoms with Gasteiger partial charge in [-0.25, -0.2) is 13.0 Å². The van der Waals surface area contributed by atoms with Crippen LogP contribution in [0.25, 0.3) is 0 Å². The van der Waals surface area contributed by atoms with Crippen LogP contribution in [0.3, 0.4) is 0 Å². The number of hydrogen-bond donors (Lipinski definition) is 1. The van der Waals surface area contributed by atoms with Crippen molar-refractivity contribution in [2.45, 2.75) is 18.1 Å². The van der Waals surface area contributed by atoms with E-state index in [2.05, 4.69) is 0 Å². The lowest BCUT2D eigenvalue weighted by Crippen LogP contribution is -2.25. The minimum atomic E-state index is -4.20. The summed E-state index contributed by atoms with van der Waals surface area (Å²) in [6.45, 7) is 0. The Morgan fingerprint density at radius 3 is 2.00 bits per heavy atom. The minimum Gasteiger partial charge on any atom is -0.301 e. The molecular formula is C3H4F4O2S. The number of hydrogen-bond acceptors (Lipinski definition) is 1. The molecule has 0 radical (unpaired) electrons. The van der Waals surface area contributed by atoms with Gasteiger partial charge in [-0.2, -0.15) is 8.78 Å². The zero-order chi connectivity index (χ0) is 8.36. The van der Waals surface area contributed by atoms with Gasteiger partial charge in [0.05, 0.1) is 6.42 Å². The van der Waals surface area contributed by atoms with Gasteiger partial charge < -0.3 is 4.55 Å². The van der Waals surface area contributed by atoms with Gasteiger partial charge >= 0.3 is 5.25 Å². The highest BCUT2D eigenvalue weighted by Crippen LogP contribution is 2.24. The van der Waals surface area contributed by atoms with Gasteiger partial charge in [-0.1, -0.05) is 0 Å². The van der Waals surface area contributed by atoms with Crippen molar-refractivity contribution >= 4 is 11.1 Å². The van der Waals surface area contributed by atoms with Gasteiger partial charge in [-0.15, -0.1) is 0 Å². The van der Waals surface area contributed by atoms with E-state index in [9.17, 15) is 21.8 Å². The van der Waals surface area contributed by atoms with Crippen molar-refractivity contribution < 1.29 is 26.3 Å². The summed E-state index contributed by atoms with van der Waals surface area (Å²) in [6, 6.07) is 0. The lowest BCUT2D eigenvalue weighted by atomic mass is 10.5. The van der Waals surface area contributed by atoms with Crippen LogP contribution in [0, 0.1) is 0 Å². The third kappa shape index (κ3) is 3.11. The van der Waals surface area contributed by atoms with Crippen LogP contribution in [0.15, 0.2) is 0 Å². The minimum absolute atomic E-state index is 1.88. The Morgan fingerprint density at radius 1 is 1.50 bits per heavy atom. The van der Waals surface area contributed by atoms with Crippen molar-refractivity contribution in [1.82, 2.24) is 0 Å². The molecule has 0 aliphatic heterocycles. The topological polar surface area (TPSA) is 37.3 Å². The monoisotopic (exact) mass is 180 g/mol. The SMILES string of the molecule is O=S(O)C(F)(F)CC(F)F. The van der Waals surface area contributed by atoms with Crippen LogP contribution in [0.4, 0.5) is 17.6 Å². The first-order valence-electron chi connectivity index (χ1n) is 2.13. The predicted octanol–water partition coefficient (Wildman–Crippen LogP) is 1.46. The standard InChI is InChI=1S/C3H4F4O2S/c4-2(5)1-3(6,7)10(8)9/h2H,1H2,(H,8,9). The highest BCUT2D eigenvalue weighted by Gasteiger charge is 2.39. The molecule has 1 atom stereocenters. The lowest BCUT2D eigenvalue weighted by molar-refractivity contribution is 0.0102. The third-order valence-corrected chi connectivity index (χ3v) is 1.33. The smallest absolute Gasteiger partial charge is 0.301 e. The van der Waals surface area contributed by atoms with Crippen LogP contribution in [-0.2, 0) is 11.1 Å². The summed E-state index contributed by atoms with van der Waals surface area (Å²) >= 11 is -3.51. The van der Waals surface area contributed by atoms with Crippen molar-refractivity contribution in [2.24, 2.45) is 0 Å². The van der Waals surface area contributed by atoms with Crippen molar-refractivity contribution in [3.63, 3.8) is 0 Å². The fourth-order valence-electron chi connectivity index (χ4n) is 0.251. The predicted molar refractivity (Wildman–Crippen MR) is 26.3 cm³/mol. The van der Waals surface area contributed by atoms with E-state index in [0.29, 0.717) is 0 Å². The molecule has 0 heterocycles. The van der Waals surface area contributed by atoms with Gasteiger partial charge in [-0.3, -0.25) is 0 Å². The molecule has 0 aliphatic carbocycles. The molecule has 0 aromatic carbocycles. The van der Waals surface area contributed by atoms with Crippen molar-refractivity contribution in [2.75, 3.05) is 0 Å². The quantitative estimate of drug-likeness (QED) is 0.527. The van der Waals surface area contributed by atoms with Gasteiger partial charge in [0.1, 0.15) is 0 Å². The van der Waals surface area contributed by atoms with Crippen LogP contribution < -0.4 is 0 Å². The second-order valence-electron chi connectivity index (χ2n) is 1.48. The average molecular weight is 180 g/mol. The largest absolute Gasteiger partial charge is 0.350 e. The van der Waals surface area contributed by atoms with E-state index < -0.39 is 29.2 Å². The molecule has 0 aliphatic rings. The summed E-state index contributed by atoms with van der Waals surface area (Å²) in [7, 11) is 0. The molecule has 7 heteroatoms. The van der Waals surface area contributed by atoms with Crippen LogP contribution in [0.2, 0.25) is 0 Å². The Morgan fingerprint density at radius 2 is 1.90 bits per heavy atom. The molecule has 10 heavy (non-hydrogen) atoms. The van der Waals surface area contributed by atoms with E-state index in [-0.39, 0.29) is 0 Å². The molecule has 0 bridgehead atoms. The maximum atomic E-state index is 11.8.